The number of morpholine rings is 1. The van der Waals surface area contributed by atoms with Crippen molar-refractivity contribution < 1.29 is 9.26 Å². The molecular weight excluding hydrogens is 266 g/mol. The zero-order valence-corrected chi connectivity index (χ0v) is 12.8. The predicted octanol–water partition coefficient (Wildman–Crippen LogP) is 2.57. The van der Waals surface area contributed by atoms with Crippen LogP contribution in [0.15, 0.2) is 22.7 Å². The fourth-order valence-electron chi connectivity index (χ4n) is 2.70. The van der Waals surface area contributed by atoms with E-state index in [-0.39, 0.29) is 6.04 Å². The highest BCUT2D eigenvalue weighted by Gasteiger charge is 2.28. The monoisotopic (exact) mass is 287 g/mol. The van der Waals surface area contributed by atoms with Crippen LogP contribution in [0.25, 0.3) is 0 Å². The smallest absolute Gasteiger partial charge is 0.223 e. The Morgan fingerprint density at radius 1 is 1.29 bits per heavy atom. The van der Waals surface area contributed by atoms with Crippen LogP contribution in [-0.4, -0.2) is 34.8 Å². The van der Waals surface area contributed by atoms with E-state index in [1.807, 2.05) is 6.92 Å². The van der Waals surface area contributed by atoms with Crippen LogP contribution in [-0.2, 0) is 11.3 Å². The minimum Gasteiger partial charge on any atom is -0.378 e. The molecule has 5 heteroatoms. The SMILES string of the molecule is Cc1ccc(C)c(CN2CCOCC2c2noc(C)n2)c1. The fourth-order valence-corrected chi connectivity index (χ4v) is 2.70. The van der Waals surface area contributed by atoms with Gasteiger partial charge in [0.1, 0.15) is 0 Å². The Bertz CT molecular complexity index is 624. The van der Waals surface area contributed by atoms with Crippen LogP contribution in [0.4, 0.5) is 0 Å². The molecule has 0 N–H and O–H groups in total. The number of ether oxygens (including phenoxy) is 1. The summed E-state index contributed by atoms with van der Waals surface area (Å²) < 4.78 is 10.7. The molecule has 1 aliphatic heterocycles. The molecule has 1 aromatic heterocycles. The number of nitrogens with zero attached hydrogens (tertiary/aromatic N) is 3. The molecule has 0 aliphatic carbocycles. The molecule has 5 nitrogen and oxygen atoms in total. The maximum absolute atomic E-state index is 5.60. The molecule has 1 aromatic carbocycles. The molecule has 0 amide bonds. The summed E-state index contributed by atoms with van der Waals surface area (Å²) in [6.45, 7) is 9.23. The molecule has 21 heavy (non-hydrogen) atoms. The van der Waals surface area contributed by atoms with Gasteiger partial charge in [-0.25, -0.2) is 0 Å². The maximum atomic E-state index is 5.60. The summed E-state index contributed by atoms with van der Waals surface area (Å²) in [5.41, 5.74) is 3.95. The summed E-state index contributed by atoms with van der Waals surface area (Å²) in [5, 5.41) is 4.06. The normalized spacial score (nSPS) is 19.9. The summed E-state index contributed by atoms with van der Waals surface area (Å²) >= 11 is 0. The molecular formula is C16H21N3O2. The van der Waals surface area contributed by atoms with Gasteiger partial charge in [0.05, 0.1) is 19.3 Å². The van der Waals surface area contributed by atoms with Crippen molar-refractivity contribution in [3.05, 3.63) is 46.6 Å². The van der Waals surface area contributed by atoms with E-state index in [0.29, 0.717) is 12.5 Å². The number of hydrogen-bond donors (Lipinski definition) is 0. The standard InChI is InChI=1S/C16H21N3O2/c1-11-4-5-12(2)14(8-11)9-19-6-7-20-10-15(19)16-17-13(3)21-18-16/h4-5,8,15H,6-7,9-10H2,1-3H3. The first-order valence-corrected chi connectivity index (χ1v) is 7.31. The Labute approximate surface area is 124 Å². The Morgan fingerprint density at radius 2 is 2.14 bits per heavy atom. The molecule has 3 rings (SSSR count). The third-order valence-corrected chi connectivity index (χ3v) is 3.96. The molecule has 112 valence electrons. The van der Waals surface area contributed by atoms with Crippen molar-refractivity contribution in [3.63, 3.8) is 0 Å². The van der Waals surface area contributed by atoms with Crippen LogP contribution < -0.4 is 0 Å². The van der Waals surface area contributed by atoms with E-state index in [1.165, 1.54) is 16.7 Å². The lowest BCUT2D eigenvalue weighted by molar-refractivity contribution is -0.0167. The third-order valence-electron chi connectivity index (χ3n) is 3.96. The van der Waals surface area contributed by atoms with Gasteiger partial charge in [0.15, 0.2) is 5.82 Å². The molecule has 0 radical (unpaired) electrons. The second kappa shape index (κ2) is 5.95. The summed E-state index contributed by atoms with van der Waals surface area (Å²) in [6, 6.07) is 6.65. The molecule has 2 heterocycles. The van der Waals surface area contributed by atoms with Crippen molar-refractivity contribution in [2.24, 2.45) is 0 Å². The quantitative estimate of drug-likeness (QED) is 0.868. The molecule has 1 saturated heterocycles. The van der Waals surface area contributed by atoms with Gasteiger partial charge in [0.25, 0.3) is 0 Å². The minimum atomic E-state index is 0.0658. The number of rotatable bonds is 3. The predicted molar refractivity (Wildman–Crippen MR) is 78.9 cm³/mol. The zero-order valence-electron chi connectivity index (χ0n) is 12.8. The van der Waals surface area contributed by atoms with Crippen LogP contribution in [0.2, 0.25) is 0 Å². The minimum absolute atomic E-state index is 0.0658. The summed E-state index contributed by atoms with van der Waals surface area (Å²) in [6.07, 6.45) is 0. The lowest BCUT2D eigenvalue weighted by atomic mass is 10.0. The first kappa shape index (κ1) is 14.2. The van der Waals surface area contributed by atoms with Crippen LogP contribution in [0.1, 0.15) is 34.4 Å². The molecule has 0 bridgehead atoms. The molecule has 2 aromatic rings. The second-order valence-electron chi connectivity index (χ2n) is 5.66. The van der Waals surface area contributed by atoms with E-state index in [1.54, 1.807) is 0 Å². The van der Waals surface area contributed by atoms with Crippen LogP contribution in [0.3, 0.4) is 0 Å². The van der Waals surface area contributed by atoms with Gasteiger partial charge in [-0.05, 0) is 25.0 Å². The molecule has 0 saturated carbocycles. The van der Waals surface area contributed by atoms with Crippen molar-refractivity contribution in [1.29, 1.82) is 0 Å². The van der Waals surface area contributed by atoms with E-state index in [4.69, 9.17) is 9.26 Å². The second-order valence-corrected chi connectivity index (χ2v) is 5.66. The zero-order chi connectivity index (χ0) is 14.8. The van der Waals surface area contributed by atoms with E-state index < -0.39 is 0 Å². The lowest BCUT2D eigenvalue weighted by Gasteiger charge is -2.34. The number of hydrogen-bond acceptors (Lipinski definition) is 5. The van der Waals surface area contributed by atoms with Gasteiger partial charge in [0.2, 0.25) is 5.89 Å². The first-order chi connectivity index (χ1) is 10.1. The molecule has 1 unspecified atom stereocenters. The Kier molecular flexibility index (Phi) is 4.03. The van der Waals surface area contributed by atoms with Crippen molar-refractivity contribution >= 4 is 0 Å². The van der Waals surface area contributed by atoms with E-state index in [0.717, 1.165) is 25.5 Å². The van der Waals surface area contributed by atoms with Crippen LogP contribution in [0, 0.1) is 20.8 Å². The highest BCUT2D eigenvalue weighted by atomic mass is 16.5. The maximum Gasteiger partial charge on any atom is 0.223 e. The van der Waals surface area contributed by atoms with Gasteiger partial charge in [-0.2, -0.15) is 4.98 Å². The van der Waals surface area contributed by atoms with E-state index in [2.05, 4.69) is 47.1 Å². The van der Waals surface area contributed by atoms with E-state index >= 15 is 0 Å². The van der Waals surface area contributed by atoms with E-state index in [9.17, 15) is 0 Å². The molecule has 1 fully saturated rings. The average Bonchev–Trinajstić information content (AvgIpc) is 2.90. The summed E-state index contributed by atoms with van der Waals surface area (Å²) in [7, 11) is 0. The molecule has 0 spiro atoms. The third kappa shape index (κ3) is 3.14. The van der Waals surface area contributed by atoms with Gasteiger partial charge in [-0.3, -0.25) is 4.90 Å². The van der Waals surface area contributed by atoms with Crippen molar-refractivity contribution in [2.45, 2.75) is 33.4 Å². The van der Waals surface area contributed by atoms with Crippen LogP contribution in [0.5, 0.6) is 0 Å². The highest BCUT2D eigenvalue weighted by Crippen LogP contribution is 2.25. The number of benzene rings is 1. The summed E-state index contributed by atoms with van der Waals surface area (Å²) in [5.74, 6) is 1.32. The Hall–Kier alpha value is -1.72. The van der Waals surface area contributed by atoms with Gasteiger partial charge in [-0.1, -0.05) is 28.9 Å². The highest BCUT2D eigenvalue weighted by molar-refractivity contribution is 5.30. The molecule has 1 aliphatic rings. The van der Waals surface area contributed by atoms with Gasteiger partial charge in [-0.15, -0.1) is 0 Å². The van der Waals surface area contributed by atoms with Crippen LogP contribution >= 0.6 is 0 Å². The Morgan fingerprint density at radius 3 is 2.90 bits per heavy atom. The molecule has 1 atom stereocenters. The van der Waals surface area contributed by atoms with Crippen molar-refractivity contribution in [1.82, 2.24) is 15.0 Å². The first-order valence-electron chi connectivity index (χ1n) is 7.31. The van der Waals surface area contributed by atoms with Gasteiger partial charge < -0.3 is 9.26 Å². The van der Waals surface area contributed by atoms with Crippen molar-refractivity contribution in [3.8, 4) is 0 Å². The topological polar surface area (TPSA) is 51.4 Å². The largest absolute Gasteiger partial charge is 0.378 e. The lowest BCUT2D eigenvalue weighted by Crippen LogP contribution is -2.39. The Balaban J connectivity index is 1.83. The van der Waals surface area contributed by atoms with Gasteiger partial charge in [0, 0.05) is 20.0 Å². The number of aromatic nitrogens is 2. The summed E-state index contributed by atoms with van der Waals surface area (Å²) in [4.78, 5) is 6.74. The van der Waals surface area contributed by atoms with Crippen molar-refractivity contribution in [2.75, 3.05) is 19.8 Å². The average molecular weight is 287 g/mol. The number of aryl methyl sites for hydroxylation is 3. The fraction of sp³-hybridized carbons (Fsp3) is 0.500. The van der Waals surface area contributed by atoms with Gasteiger partial charge >= 0.3 is 0 Å².